The molecule has 1 aromatic carbocycles. The molecule has 2 atom stereocenters. The van der Waals surface area contributed by atoms with E-state index < -0.39 is 16.4 Å². The van der Waals surface area contributed by atoms with Crippen molar-refractivity contribution in [2.75, 3.05) is 18.8 Å². The number of hydrogen-bond acceptors (Lipinski definition) is 5. The number of anilines is 1. The topological polar surface area (TPSA) is 110 Å². The summed E-state index contributed by atoms with van der Waals surface area (Å²) in [5, 5.41) is 21.9. The Morgan fingerprint density at radius 3 is 2.91 bits per heavy atom. The van der Waals surface area contributed by atoms with Gasteiger partial charge in [-0.3, -0.25) is 14.9 Å². The molecule has 23 heavy (non-hydrogen) atoms. The van der Waals surface area contributed by atoms with Crippen LogP contribution in [0.3, 0.4) is 0 Å². The van der Waals surface area contributed by atoms with Crippen molar-refractivity contribution in [3.8, 4) is 0 Å². The summed E-state index contributed by atoms with van der Waals surface area (Å²) in [6.07, 6.45) is 4.23. The number of rotatable bonds is 2. The van der Waals surface area contributed by atoms with E-state index in [0.29, 0.717) is 19.5 Å². The van der Waals surface area contributed by atoms with Gasteiger partial charge in [-0.2, -0.15) is 0 Å². The van der Waals surface area contributed by atoms with Crippen LogP contribution in [0.5, 0.6) is 0 Å². The van der Waals surface area contributed by atoms with E-state index >= 15 is 0 Å². The highest BCUT2D eigenvalue weighted by Gasteiger charge is 2.44. The summed E-state index contributed by atoms with van der Waals surface area (Å²) in [4.78, 5) is 25.0. The Labute approximate surface area is 134 Å². The third-order valence-electron chi connectivity index (χ3n) is 5.20. The Morgan fingerprint density at radius 2 is 2.17 bits per heavy atom. The molecule has 1 saturated carbocycles. The van der Waals surface area contributed by atoms with Crippen LogP contribution in [0.15, 0.2) is 18.2 Å². The van der Waals surface area contributed by atoms with Crippen LogP contribution in [-0.2, 0) is 0 Å². The summed E-state index contributed by atoms with van der Waals surface area (Å²) in [5.41, 5.74) is 4.94. The lowest BCUT2D eigenvalue weighted by molar-refractivity contribution is -0.385. The van der Waals surface area contributed by atoms with E-state index in [1.807, 2.05) is 0 Å². The molecule has 0 radical (unpaired) electrons. The predicted octanol–water partition coefficient (Wildman–Crippen LogP) is 1.94. The van der Waals surface area contributed by atoms with Gasteiger partial charge in [-0.15, -0.1) is 0 Å². The van der Waals surface area contributed by atoms with Crippen molar-refractivity contribution < 1.29 is 14.8 Å². The van der Waals surface area contributed by atoms with Crippen LogP contribution >= 0.6 is 0 Å². The number of carbonyl (C=O) groups is 1. The van der Waals surface area contributed by atoms with Crippen molar-refractivity contribution in [2.24, 2.45) is 5.92 Å². The molecule has 1 saturated heterocycles. The smallest absolute Gasteiger partial charge is 0.284 e. The zero-order valence-electron chi connectivity index (χ0n) is 12.9. The van der Waals surface area contributed by atoms with Gasteiger partial charge in [0.25, 0.3) is 11.6 Å². The molecule has 1 amide bonds. The van der Waals surface area contributed by atoms with E-state index in [1.165, 1.54) is 18.2 Å². The van der Waals surface area contributed by atoms with Gasteiger partial charge in [0.1, 0.15) is 5.56 Å². The monoisotopic (exact) mass is 319 g/mol. The number of nitrogen functional groups attached to an aromatic ring is 1. The molecular weight excluding hydrogens is 298 g/mol. The minimum absolute atomic E-state index is 0.0398. The number of benzene rings is 1. The van der Waals surface area contributed by atoms with Crippen molar-refractivity contribution in [1.82, 2.24) is 4.90 Å². The van der Waals surface area contributed by atoms with Crippen molar-refractivity contribution in [2.45, 2.75) is 37.7 Å². The summed E-state index contributed by atoms with van der Waals surface area (Å²) in [6, 6.07) is 4.27. The molecule has 2 aliphatic rings. The van der Waals surface area contributed by atoms with Gasteiger partial charge in [-0.05, 0) is 25.3 Å². The van der Waals surface area contributed by atoms with E-state index in [9.17, 15) is 20.0 Å². The molecule has 1 aliphatic carbocycles. The zero-order chi connectivity index (χ0) is 16.6. The Balaban J connectivity index is 1.86. The van der Waals surface area contributed by atoms with Crippen molar-refractivity contribution >= 4 is 17.3 Å². The van der Waals surface area contributed by atoms with Crippen LogP contribution in [-0.4, -0.2) is 39.5 Å². The summed E-state index contributed by atoms with van der Waals surface area (Å²) >= 11 is 0. The van der Waals surface area contributed by atoms with Crippen LogP contribution in [0.4, 0.5) is 11.4 Å². The molecular formula is C16H21N3O4. The first-order valence-electron chi connectivity index (χ1n) is 7.97. The molecule has 3 N–H and O–H groups in total. The highest BCUT2D eigenvalue weighted by Crippen LogP contribution is 2.40. The Bertz CT molecular complexity index is 648. The van der Waals surface area contributed by atoms with E-state index in [1.54, 1.807) is 4.90 Å². The first-order chi connectivity index (χ1) is 10.9. The largest absolute Gasteiger partial charge is 0.398 e. The van der Waals surface area contributed by atoms with Crippen molar-refractivity contribution in [1.29, 1.82) is 0 Å². The Hall–Kier alpha value is -2.15. The molecule has 1 heterocycles. The van der Waals surface area contributed by atoms with Crippen molar-refractivity contribution in [3.63, 3.8) is 0 Å². The highest BCUT2D eigenvalue weighted by atomic mass is 16.6. The number of aliphatic hydroxyl groups is 1. The van der Waals surface area contributed by atoms with Crippen LogP contribution < -0.4 is 5.73 Å². The summed E-state index contributed by atoms with van der Waals surface area (Å²) in [6.45, 7) is 0.831. The molecule has 124 valence electrons. The maximum atomic E-state index is 12.8. The van der Waals surface area contributed by atoms with Crippen LogP contribution in [0.25, 0.3) is 0 Å². The molecule has 1 aromatic rings. The molecule has 2 unspecified atom stereocenters. The van der Waals surface area contributed by atoms with Crippen LogP contribution in [0, 0.1) is 16.0 Å². The number of hydrogen-bond donors (Lipinski definition) is 2. The lowest BCUT2D eigenvalue weighted by atomic mass is 9.71. The summed E-state index contributed by atoms with van der Waals surface area (Å²) in [7, 11) is 0. The second kappa shape index (κ2) is 5.81. The van der Waals surface area contributed by atoms with Gasteiger partial charge < -0.3 is 15.7 Å². The number of piperidine rings is 1. The lowest BCUT2D eigenvalue weighted by Gasteiger charge is -2.47. The maximum absolute atomic E-state index is 12.8. The average molecular weight is 319 g/mol. The predicted molar refractivity (Wildman–Crippen MR) is 84.9 cm³/mol. The van der Waals surface area contributed by atoms with Gasteiger partial charge in [0.2, 0.25) is 0 Å². The minimum atomic E-state index is -0.691. The van der Waals surface area contributed by atoms with Gasteiger partial charge in [0.05, 0.1) is 16.2 Å². The third-order valence-corrected chi connectivity index (χ3v) is 5.20. The number of nitrogens with zero attached hydrogens (tertiary/aromatic N) is 2. The SMILES string of the molecule is Nc1cccc([N+](=O)[O-])c1C(=O)N1CCC2(O)CCCCC2C1. The Morgan fingerprint density at radius 1 is 1.39 bits per heavy atom. The zero-order valence-corrected chi connectivity index (χ0v) is 12.9. The molecule has 0 bridgehead atoms. The first kappa shape index (κ1) is 15.7. The Kier molecular flexibility index (Phi) is 3.97. The second-order valence-corrected chi connectivity index (χ2v) is 6.55. The van der Waals surface area contributed by atoms with Gasteiger partial charge in [-0.25, -0.2) is 0 Å². The highest BCUT2D eigenvalue weighted by molar-refractivity contribution is 6.03. The van der Waals surface area contributed by atoms with Gasteiger partial charge in [0, 0.05) is 25.1 Å². The fourth-order valence-electron chi connectivity index (χ4n) is 3.86. The number of likely N-dealkylation sites (tertiary alicyclic amines) is 1. The first-order valence-corrected chi connectivity index (χ1v) is 7.97. The van der Waals surface area contributed by atoms with Gasteiger partial charge in [0.15, 0.2) is 0 Å². The maximum Gasteiger partial charge on any atom is 0.284 e. The molecule has 3 rings (SSSR count). The molecule has 1 aliphatic heterocycles. The van der Waals surface area contributed by atoms with Crippen LogP contribution in [0.2, 0.25) is 0 Å². The number of fused-ring (bicyclic) bond motifs is 1. The molecule has 2 fully saturated rings. The number of amides is 1. The molecule has 7 heteroatoms. The number of nitro benzene ring substituents is 1. The quantitative estimate of drug-likeness (QED) is 0.492. The van der Waals surface area contributed by atoms with Crippen LogP contribution in [0.1, 0.15) is 42.5 Å². The average Bonchev–Trinajstić information content (AvgIpc) is 2.53. The third kappa shape index (κ3) is 2.76. The molecule has 0 aromatic heterocycles. The van der Waals surface area contributed by atoms with E-state index in [4.69, 9.17) is 5.73 Å². The normalized spacial score (nSPS) is 27.3. The fourth-order valence-corrected chi connectivity index (χ4v) is 3.86. The minimum Gasteiger partial charge on any atom is -0.398 e. The number of carbonyl (C=O) groups excluding carboxylic acids is 1. The van der Waals surface area contributed by atoms with E-state index in [-0.39, 0.29) is 22.9 Å². The second-order valence-electron chi connectivity index (χ2n) is 6.55. The fraction of sp³-hybridized carbons (Fsp3) is 0.562. The number of nitrogens with two attached hydrogens (primary N) is 1. The molecule has 0 spiro atoms. The van der Waals surface area contributed by atoms with E-state index in [2.05, 4.69) is 0 Å². The van der Waals surface area contributed by atoms with Gasteiger partial charge >= 0.3 is 0 Å². The number of nitro groups is 1. The van der Waals surface area contributed by atoms with Crippen molar-refractivity contribution in [3.05, 3.63) is 33.9 Å². The molecule has 7 nitrogen and oxygen atoms in total. The summed E-state index contributed by atoms with van der Waals surface area (Å²) < 4.78 is 0. The summed E-state index contributed by atoms with van der Waals surface area (Å²) in [5.74, 6) is -0.375. The van der Waals surface area contributed by atoms with Gasteiger partial charge in [-0.1, -0.05) is 18.9 Å². The van der Waals surface area contributed by atoms with E-state index in [0.717, 1.165) is 25.7 Å². The standard InChI is InChI=1S/C16H21N3O4/c17-12-5-3-6-13(19(22)23)14(12)15(20)18-9-8-16(21)7-2-1-4-11(16)10-18/h3,5-6,11,21H,1-2,4,7-10,17H2. The lowest BCUT2D eigenvalue weighted by Crippen LogP contribution is -2.54.